The second kappa shape index (κ2) is 6.83. The van der Waals surface area contributed by atoms with Gasteiger partial charge in [-0.2, -0.15) is 0 Å². The van der Waals surface area contributed by atoms with E-state index in [0.29, 0.717) is 6.54 Å². The second-order valence-corrected chi connectivity index (χ2v) is 5.85. The number of rotatable bonds is 3. The molecule has 1 saturated heterocycles. The molecule has 122 valence electrons. The number of aliphatic hydroxyl groups is 1. The van der Waals surface area contributed by atoms with Crippen LogP contribution in [0.3, 0.4) is 0 Å². The highest BCUT2D eigenvalue weighted by molar-refractivity contribution is 5.89. The van der Waals surface area contributed by atoms with E-state index < -0.39 is 0 Å². The standard InChI is InChI=1S/C17H22N4O2/c1-13-18-9-11-20(13)15-7-5-14(6-8-15)19-17(23)21-10-3-2-4-16(21)12-22/h5-9,11,16,22H,2-4,10,12H2,1H3,(H,19,23)/t16-/m0/s1. The fourth-order valence-corrected chi connectivity index (χ4v) is 3.01. The third-order valence-electron chi connectivity index (χ3n) is 4.32. The van der Waals surface area contributed by atoms with Gasteiger partial charge in [0.05, 0.1) is 12.6 Å². The molecule has 1 aromatic heterocycles. The number of carbonyl (C=O) groups excluding carboxylic acids is 1. The predicted octanol–water partition coefficient (Wildman–Crippen LogP) is 2.56. The van der Waals surface area contributed by atoms with Gasteiger partial charge in [0.15, 0.2) is 0 Å². The van der Waals surface area contributed by atoms with Crippen LogP contribution in [0.25, 0.3) is 5.69 Å². The molecule has 1 atom stereocenters. The molecule has 23 heavy (non-hydrogen) atoms. The second-order valence-electron chi connectivity index (χ2n) is 5.85. The number of aryl methyl sites for hydroxylation is 1. The van der Waals surface area contributed by atoms with Crippen LogP contribution in [-0.2, 0) is 0 Å². The Morgan fingerprint density at radius 1 is 1.35 bits per heavy atom. The molecule has 1 aromatic carbocycles. The molecule has 2 amide bonds. The van der Waals surface area contributed by atoms with E-state index in [0.717, 1.165) is 36.5 Å². The Morgan fingerprint density at radius 2 is 2.13 bits per heavy atom. The highest BCUT2D eigenvalue weighted by atomic mass is 16.3. The van der Waals surface area contributed by atoms with Crippen molar-refractivity contribution in [1.82, 2.24) is 14.5 Å². The highest BCUT2D eigenvalue weighted by Gasteiger charge is 2.25. The van der Waals surface area contributed by atoms with Gasteiger partial charge in [-0.05, 0) is 50.5 Å². The number of nitrogens with one attached hydrogen (secondary N) is 1. The molecule has 0 saturated carbocycles. The molecule has 3 rings (SSSR count). The first kappa shape index (κ1) is 15.6. The van der Waals surface area contributed by atoms with Crippen LogP contribution in [0.4, 0.5) is 10.5 Å². The third kappa shape index (κ3) is 3.37. The lowest BCUT2D eigenvalue weighted by Crippen LogP contribution is -2.47. The summed E-state index contributed by atoms with van der Waals surface area (Å²) in [4.78, 5) is 18.3. The van der Waals surface area contributed by atoms with Crippen molar-refractivity contribution in [1.29, 1.82) is 0 Å². The fourth-order valence-electron chi connectivity index (χ4n) is 3.01. The van der Waals surface area contributed by atoms with Gasteiger partial charge in [-0.15, -0.1) is 0 Å². The van der Waals surface area contributed by atoms with Crippen LogP contribution in [0.2, 0.25) is 0 Å². The van der Waals surface area contributed by atoms with Gasteiger partial charge < -0.3 is 19.9 Å². The van der Waals surface area contributed by atoms with Gasteiger partial charge in [0.25, 0.3) is 0 Å². The van der Waals surface area contributed by atoms with Crippen LogP contribution in [0.5, 0.6) is 0 Å². The lowest BCUT2D eigenvalue weighted by molar-refractivity contribution is 0.115. The monoisotopic (exact) mass is 314 g/mol. The highest BCUT2D eigenvalue weighted by Crippen LogP contribution is 2.19. The van der Waals surface area contributed by atoms with Crippen LogP contribution in [0.15, 0.2) is 36.7 Å². The number of urea groups is 1. The maximum absolute atomic E-state index is 12.4. The molecule has 6 heteroatoms. The zero-order chi connectivity index (χ0) is 16.2. The number of anilines is 1. The maximum Gasteiger partial charge on any atom is 0.322 e. The minimum absolute atomic E-state index is 0.0201. The molecule has 6 nitrogen and oxygen atoms in total. The van der Waals surface area contributed by atoms with Crippen molar-refractivity contribution in [3.05, 3.63) is 42.5 Å². The van der Waals surface area contributed by atoms with E-state index >= 15 is 0 Å². The van der Waals surface area contributed by atoms with Crippen LogP contribution in [0.1, 0.15) is 25.1 Å². The Labute approximate surface area is 135 Å². The van der Waals surface area contributed by atoms with Crippen molar-refractivity contribution >= 4 is 11.7 Å². The molecule has 0 radical (unpaired) electrons. The summed E-state index contributed by atoms with van der Waals surface area (Å²) in [5.74, 6) is 0.917. The maximum atomic E-state index is 12.4. The van der Waals surface area contributed by atoms with Gasteiger partial charge in [0.1, 0.15) is 5.82 Å². The van der Waals surface area contributed by atoms with E-state index in [1.165, 1.54) is 0 Å². The van der Waals surface area contributed by atoms with Crippen molar-refractivity contribution in [2.45, 2.75) is 32.2 Å². The smallest absolute Gasteiger partial charge is 0.322 e. The number of imidazole rings is 1. The van der Waals surface area contributed by atoms with Crippen molar-refractivity contribution in [3.8, 4) is 5.69 Å². The van der Waals surface area contributed by atoms with Gasteiger partial charge in [-0.1, -0.05) is 0 Å². The Balaban J connectivity index is 1.68. The van der Waals surface area contributed by atoms with Gasteiger partial charge in [0.2, 0.25) is 0 Å². The number of aliphatic hydroxyl groups excluding tert-OH is 1. The summed E-state index contributed by atoms with van der Waals surface area (Å²) in [6, 6.07) is 7.44. The number of hydrogen-bond donors (Lipinski definition) is 2. The first-order chi connectivity index (χ1) is 11.2. The molecule has 0 aliphatic carbocycles. The van der Waals surface area contributed by atoms with Gasteiger partial charge in [-0.3, -0.25) is 0 Å². The first-order valence-corrected chi connectivity index (χ1v) is 7.98. The van der Waals surface area contributed by atoms with Crippen LogP contribution in [-0.4, -0.2) is 44.8 Å². The summed E-state index contributed by atoms with van der Waals surface area (Å²) >= 11 is 0. The summed E-state index contributed by atoms with van der Waals surface area (Å²) in [6.07, 6.45) is 6.58. The number of likely N-dealkylation sites (tertiary alicyclic amines) is 1. The largest absolute Gasteiger partial charge is 0.394 e. The van der Waals surface area contributed by atoms with Crippen LogP contribution >= 0.6 is 0 Å². The lowest BCUT2D eigenvalue weighted by atomic mass is 10.0. The Kier molecular flexibility index (Phi) is 4.62. The summed E-state index contributed by atoms with van der Waals surface area (Å²) in [7, 11) is 0. The summed E-state index contributed by atoms with van der Waals surface area (Å²) in [5.41, 5.74) is 1.75. The van der Waals surface area contributed by atoms with Crippen molar-refractivity contribution in [2.24, 2.45) is 0 Å². The Hall–Kier alpha value is -2.34. The number of aromatic nitrogens is 2. The van der Waals surface area contributed by atoms with Gasteiger partial charge in [0, 0.05) is 30.3 Å². The third-order valence-corrected chi connectivity index (χ3v) is 4.32. The normalized spacial score (nSPS) is 18.0. The molecular formula is C17H22N4O2. The van der Waals surface area contributed by atoms with E-state index in [4.69, 9.17) is 0 Å². The van der Waals surface area contributed by atoms with E-state index in [9.17, 15) is 9.90 Å². The average molecular weight is 314 g/mol. The number of benzene rings is 1. The number of piperidine rings is 1. The minimum Gasteiger partial charge on any atom is -0.394 e. The summed E-state index contributed by atoms with van der Waals surface area (Å²) in [5, 5.41) is 12.3. The molecule has 2 heterocycles. The molecule has 2 aromatic rings. The minimum atomic E-state index is -0.143. The summed E-state index contributed by atoms with van der Waals surface area (Å²) in [6.45, 7) is 2.66. The molecular weight excluding hydrogens is 292 g/mol. The number of hydrogen-bond acceptors (Lipinski definition) is 3. The van der Waals surface area contributed by atoms with Crippen molar-refractivity contribution < 1.29 is 9.90 Å². The predicted molar refractivity (Wildman–Crippen MR) is 88.8 cm³/mol. The SMILES string of the molecule is Cc1nccn1-c1ccc(NC(=O)N2CCCC[C@H]2CO)cc1. The zero-order valence-electron chi connectivity index (χ0n) is 13.3. The fraction of sp³-hybridized carbons (Fsp3) is 0.412. The van der Waals surface area contributed by atoms with E-state index in [1.807, 2.05) is 42.0 Å². The molecule has 0 spiro atoms. The molecule has 0 bridgehead atoms. The quantitative estimate of drug-likeness (QED) is 0.914. The van der Waals surface area contributed by atoms with E-state index in [1.54, 1.807) is 11.1 Å². The molecule has 0 unspecified atom stereocenters. The van der Waals surface area contributed by atoms with Crippen molar-refractivity contribution in [3.63, 3.8) is 0 Å². The number of carbonyl (C=O) groups is 1. The van der Waals surface area contributed by atoms with Crippen LogP contribution in [0, 0.1) is 6.92 Å². The Bertz CT molecular complexity index is 665. The lowest BCUT2D eigenvalue weighted by Gasteiger charge is -2.34. The number of amides is 2. The van der Waals surface area contributed by atoms with Crippen LogP contribution < -0.4 is 5.32 Å². The van der Waals surface area contributed by atoms with E-state index in [-0.39, 0.29) is 18.7 Å². The topological polar surface area (TPSA) is 70.4 Å². The van der Waals surface area contributed by atoms with Crippen molar-refractivity contribution in [2.75, 3.05) is 18.5 Å². The molecule has 2 N–H and O–H groups in total. The first-order valence-electron chi connectivity index (χ1n) is 7.98. The molecule has 1 fully saturated rings. The van der Waals surface area contributed by atoms with Gasteiger partial charge in [-0.25, -0.2) is 9.78 Å². The Morgan fingerprint density at radius 3 is 2.78 bits per heavy atom. The summed E-state index contributed by atoms with van der Waals surface area (Å²) < 4.78 is 1.98. The number of nitrogens with zero attached hydrogens (tertiary/aromatic N) is 3. The van der Waals surface area contributed by atoms with Gasteiger partial charge >= 0.3 is 6.03 Å². The zero-order valence-corrected chi connectivity index (χ0v) is 13.3. The average Bonchev–Trinajstić information content (AvgIpc) is 3.01. The van der Waals surface area contributed by atoms with E-state index in [2.05, 4.69) is 10.3 Å². The molecule has 1 aliphatic rings. The molecule has 1 aliphatic heterocycles.